The quantitative estimate of drug-likeness (QED) is 0.431. The van der Waals surface area contributed by atoms with Crippen molar-refractivity contribution in [2.45, 2.75) is 30.7 Å². The molecule has 0 fully saturated rings. The smallest absolute Gasteiger partial charge is 1.00 e. The zero-order chi connectivity index (χ0) is 15.0. The summed E-state index contributed by atoms with van der Waals surface area (Å²) in [5, 5.41) is 3.24. The molecule has 0 saturated carbocycles. The van der Waals surface area contributed by atoms with Crippen LogP contribution in [0.25, 0.3) is 5.20 Å². The van der Waals surface area contributed by atoms with Crippen LogP contribution in [0.5, 0.6) is 0 Å². The maximum absolute atomic E-state index is 2.54. The molecule has 0 aromatic heterocycles. The van der Waals surface area contributed by atoms with E-state index in [9.17, 15) is 0 Å². The SMILES string of the molecule is CC[Si](C)(C1=C(C)[CH]([Ti+3])c2ccccc21)c1ccccc1.[Cl-].[Cl-].[Cl-]. The van der Waals surface area contributed by atoms with Crippen molar-refractivity contribution in [1.82, 2.24) is 0 Å². The molecule has 1 aliphatic rings. The maximum Gasteiger partial charge on any atom is -1.00 e. The molecule has 5 heteroatoms. The van der Waals surface area contributed by atoms with Gasteiger partial charge < -0.3 is 37.2 Å². The van der Waals surface area contributed by atoms with Crippen LogP contribution >= 0.6 is 0 Å². The Morgan fingerprint density at radius 3 is 2.04 bits per heavy atom. The average molecular weight is 432 g/mol. The Kier molecular flexibility index (Phi) is 9.61. The molecular formula is C19H21Cl3SiTi. The van der Waals surface area contributed by atoms with Gasteiger partial charge in [-0.25, -0.2) is 0 Å². The summed E-state index contributed by atoms with van der Waals surface area (Å²) in [4.78, 5) is 0. The zero-order valence-corrected chi connectivity index (χ0v) is 18.9. The van der Waals surface area contributed by atoms with Crippen molar-refractivity contribution in [2.24, 2.45) is 0 Å². The fourth-order valence-electron chi connectivity index (χ4n) is 3.63. The Bertz CT molecular complexity index is 703. The molecule has 0 heterocycles. The first-order valence-corrected chi connectivity index (χ1v) is 11.3. The molecular weight excluding hydrogens is 411 g/mol. The first-order valence-electron chi connectivity index (χ1n) is 7.66. The molecule has 2 aromatic rings. The Hall–Kier alpha value is -0.0188. The van der Waals surface area contributed by atoms with E-state index in [0.29, 0.717) is 4.22 Å². The third-order valence-corrected chi connectivity index (χ3v) is 11.0. The number of hydrogen-bond acceptors (Lipinski definition) is 0. The van der Waals surface area contributed by atoms with Crippen LogP contribution in [0.15, 0.2) is 60.2 Å². The van der Waals surface area contributed by atoms with Crippen molar-refractivity contribution < 1.29 is 57.7 Å². The summed E-state index contributed by atoms with van der Waals surface area (Å²) < 4.78 is 0.568. The number of halogens is 3. The van der Waals surface area contributed by atoms with Crippen molar-refractivity contribution in [3.05, 3.63) is 71.3 Å². The van der Waals surface area contributed by atoms with Gasteiger partial charge in [0.25, 0.3) is 0 Å². The largest absolute Gasteiger partial charge is 1.00 e. The van der Waals surface area contributed by atoms with Crippen LogP contribution in [-0.2, 0) is 20.4 Å². The first kappa shape index (κ1) is 24.0. The standard InChI is InChI=1S/C19H21Si.3ClH.Ti/c1-4-20(3,17-11-6-5-7-12-17)19-15(2)14-16-10-8-9-13-18(16)19;;;;/h5-14H,4H2,1-3H3;3*1H;/q;;;;+3/p-3. The minimum atomic E-state index is -1.64. The molecule has 0 N–H and O–H groups in total. The Morgan fingerprint density at radius 1 is 0.917 bits per heavy atom. The van der Waals surface area contributed by atoms with Gasteiger partial charge in [0.1, 0.15) is 0 Å². The summed E-state index contributed by atoms with van der Waals surface area (Å²) in [7, 11) is -1.64. The van der Waals surface area contributed by atoms with Crippen LogP contribution in [0.3, 0.4) is 0 Å². The van der Waals surface area contributed by atoms with E-state index in [0.717, 1.165) is 0 Å². The molecule has 3 rings (SSSR count). The molecule has 1 aliphatic carbocycles. The van der Waals surface area contributed by atoms with Gasteiger partial charge in [-0.2, -0.15) is 0 Å². The summed E-state index contributed by atoms with van der Waals surface area (Å²) in [6.07, 6.45) is 0. The molecule has 2 unspecified atom stereocenters. The monoisotopic (exact) mass is 430 g/mol. The van der Waals surface area contributed by atoms with Crippen molar-refractivity contribution in [3.63, 3.8) is 0 Å². The van der Waals surface area contributed by atoms with E-state index in [1.807, 2.05) is 0 Å². The van der Waals surface area contributed by atoms with Gasteiger partial charge in [-0.05, 0) is 0 Å². The second-order valence-corrected chi connectivity index (χ2v) is 11.5. The molecule has 2 atom stereocenters. The zero-order valence-electron chi connectivity index (χ0n) is 14.1. The van der Waals surface area contributed by atoms with Gasteiger partial charge in [-0.1, -0.05) is 0 Å². The van der Waals surface area contributed by atoms with Gasteiger partial charge in [-0.15, -0.1) is 0 Å². The van der Waals surface area contributed by atoms with Crippen LogP contribution in [0.4, 0.5) is 0 Å². The van der Waals surface area contributed by atoms with E-state index in [-0.39, 0.29) is 37.2 Å². The molecule has 0 saturated heterocycles. The van der Waals surface area contributed by atoms with Gasteiger partial charge in [-0.3, -0.25) is 0 Å². The number of benzene rings is 2. The van der Waals surface area contributed by atoms with Crippen LogP contribution < -0.4 is 42.4 Å². The van der Waals surface area contributed by atoms with E-state index in [4.69, 9.17) is 0 Å². The maximum atomic E-state index is 2.54. The van der Waals surface area contributed by atoms with Crippen molar-refractivity contribution >= 4 is 18.5 Å². The van der Waals surface area contributed by atoms with Gasteiger partial charge in [0.15, 0.2) is 0 Å². The first-order chi connectivity index (χ1) is 10.1. The topological polar surface area (TPSA) is 0 Å². The molecule has 0 amide bonds. The second kappa shape index (κ2) is 9.62. The summed E-state index contributed by atoms with van der Waals surface area (Å²) in [5.74, 6) is 0. The van der Waals surface area contributed by atoms with Gasteiger partial charge >= 0.3 is 141 Å². The number of hydrogen-bond donors (Lipinski definition) is 0. The van der Waals surface area contributed by atoms with Gasteiger partial charge in [0.2, 0.25) is 0 Å². The van der Waals surface area contributed by atoms with Gasteiger partial charge in [0, 0.05) is 0 Å². The summed E-state index contributed by atoms with van der Waals surface area (Å²) >= 11 is 2.36. The molecule has 0 aliphatic heterocycles. The molecule has 0 nitrogen and oxygen atoms in total. The van der Waals surface area contributed by atoms with Crippen LogP contribution in [-0.4, -0.2) is 8.07 Å². The second-order valence-electron chi connectivity index (χ2n) is 6.13. The molecule has 0 radical (unpaired) electrons. The van der Waals surface area contributed by atoms with E-state index in [2.05, 4.69) is 95.4 Å². The molecule has 2 aromatic carbocycles. The molecule has 0 spiro atoms. The Labute approximate surface area is 177 Å². The number of allylic oxidation sites excluding steroid dienone is 1. The summed E-state index contributed by atoms with van der Waals surface area (Å²) in [5.41, 5.74) is 4.63. The van der Waals surface area contributed by atoms with E-state index in [1.165, 1.54) is 17.2 Å². The fourth-order valence-corrected chi connectivity index (χ4v) is 8.29. The third-order valence-electron chi connectivity index (χ3n) is 5.04. The van der Waals surface area contributed by atoms with Crippen molar-refractivity contribution in [3.8, 4) is 0 Å². The van der Waals surface area contributed by atoms with Crippen molar-refractivity contribution in [2.75, 3.05) is 0 Å². The average Bonchev–Trinajstić information content (AvgIpc) is 2.80. The fraction of sp³-hybridized carbons (Fsp3) is 0.263. The summed E-state index contributed by atoms with van der Waals surface area (Å²) in [6.45, 7) is 7.25. The third kappa shape index (κ3) is 3.87. The van der Waals surface area contributed by atoms with Crippen LogP contribution in [0.2, 0.25) is 12.6 Å². The minimum Gasteiger partial charge on any atom is -1.00 e. The van der Waals surface area contributed by atoms with Crippen LogP contribution in [0, 0.1) is 0 Å². The normalized spacial score (nSPS) is 17.8. The summed E-state index contributed by atoms with van der Waals surface area (Å²) in [6, 6.07) is 21.5. The minimum absolute atomic E-state index is 0. The Morgan fingerprint density at radius 2 is 1.46 bits per heavy atom. The predicted molar refractivity (Wildman–Crippen MR) is 90.0 cm³/mol. The molecule has 126 valence electrons. The number of fused-ring (bicyclic) bond motifs is 1. The van der Waals surface area contributed by atoms with E-state index in [1.54, 1.807) is 16.0 Å². The molecule has 24 heavy (non-hydrogen) atoms. The molecule has 0 bridgehead atoms. The van der Waals surface area contributed by atoms with Crippen molar-refractivity contribution in [1.29, 1.82) is 0 Å². The van der Waals surface area contributed by atoms with E-state index < -0.39 is 8.07 Å². The number of rotatable bonds is 3. The van der Waals surface area contributed by atoms with Crippen LogP contribution in [0.1, 0.15) is 29.2 Å². The van der Waals surface area contributed by atoms with E-state index >= 15 is 0 Å². The predicted octanol–water partition coefficient (Wildman–Crippen LogP) is -4.38. The Balaban J connectivity index is 0.00000176. The van der Waals surface area contributed by atoms with Gasteiger partial charge in [0.05, 0.1) is 0 Å².